The maximum atomic E-state index is 12.3. The number of thiophene rings is 1. The molecular formula is C15H14N4OS. The molecule has 1 atom stereocenters. The van der Waals surface area contributed by atoms with Crippen molar-refractivity contribution in [1.82, 2.24) is 19.9 Å². The van der Waals surface area contributed by atoms with Gasteiger partial charge in [0.15, 0.2) is 0 Å². The van der Waals surface area contributed by atoms with E-state index in [9.17, 15) is 4.79 Å². The van der Waals surface area contributed by atoms with Crippen molar-refractivity contribution in [2.75, 3.05) is 0 Å². The van der Waals surface area contributed by atoms with Gasteiger partial charge in [0.1, 0.15) is 12.1 Å². The molecule has 1 N–H and O–H groups in total. The highest BCUT2D eigenvalue weighted by Gasteiger charge is 2.13. The third-order valence-electron chi connectivity index (χ3n) is 3.09. The molecule has 1 amide bonds. The van der Waals surface area contributed by atoms with E-state index in [4.69, 9.17) is 0 Å². The lowest BCUT2D eigenvalue weighted by Crippen LogP contribution is -2.26. The summed E-state index contributed by atoms with van der Waals surface area (Å²) < 4.78 is 1.76. The third-order valence-corrected chi connectivity index (χ3v) is 4.15. The van der Waals surface area contributed by atoms with E-state index in [-0.39, 0.29) is 11.9 Å². The second kappa shape index (κ2) is 5.88. The van der Waals surface area contributed by atoms with Gasteiger partial charge in [-0.15, -0.1) is 11.3 Å². The maximum Gasteiger partial charge on any atom is 0.251 e. The largest absolute Gasteiger partial charge is 0.345 e. The summed E-state index contributed by atoms with van der Waals surface area (Å²) in [5, 5.41) is 4.99. The number of hydrogen-bond acceptors (Lipinski definition) is 4. The van der Waals surface area contributed by atoms with Crippen molar-refractivity contribution < 1.29 is 4.79 Å². The van der Waals surface area contributed by atoms with Crippen LogP contribution in [0.25, 0.3) is 5.82 Å². The quantitative estimate of drug-likeness (QED) is 0.805. The van der Waals surface area contributed by atoms with E-state index in [0.29, 0.717) is 11.4 Å². The first-order chi connectivity index (χ1) is 10.2. The van der Waals surface area contributed by atoms with Gasteiger partial charge >= 0.3 is 0 Å². The fourth-order valence-electron chi connectivity index (χ4n) is 1.98. The highest BCUT2D eigenvalue weighted by molar-refractivity contribution is 7.10. The van der Waals surface area contributed by atoms with Crippen LogP contribution in [-0.2, 0) is 0 Å². The van der Waals surface area contributed by atoms with Crippen LogP contribution < -0.4 is 5.32 Å². The first kappa shape index (κ1) is 13.5. The van der Waals surface area contributed by atoms with Gasteiger partial charge in [0.25, 0.3) is 5.91 Å². The van der Waals surface area contributed by atoms with Crippen LogP contribution in [0.1, 0.15) is 28.2 Å². The number of nitrogens with zero attached hydrogens (tertiary/aromatic N) is 3. The van der Waals surface area contributed by atoms with Gasteiger partial charge in [0, 0.05) is 29.0 Å². The molecule has 0 aromatic carbocycles. The van der Waals surface area contributed by atoms with E-state index in [1.165, 1.54) is 0 Å². The number of carbonyl (C=O) groups is 1. The Morgan fingerprint density at radius 2 is 2.29 bits per heavy atom. The van der Waals surface area contributed by atoms with Gasteiger partial charge in [0.2, 0.25) is 0 Å². The number of nitrogens with one attached hydrogen (secondary N) is 1. The van der Waals surface area contributed by atoms with E-state index in [0.717, 1.165) is 4.88 Å². The average molecular weight is 298 g/mol. The second-order valence-electron chi connectivity index (χ2n) is 4.58. The third kappa shape index (κ3) is 3.00. The van der Waals surface area contributed by atoms with Gasteiger partial charge in [-0.05, 0) is 30.5 Å². The van der Waals surface area contributed by atoms with Gasteiger partial charge in [0.05, 0.1) is 6.04 Å². The van der Waals surface area contributed by atoms with Gasteiger partial charge in [-0.3, -0.25) is 9.36 Å². The molecule has 3 aromatic rings. The highest BCUT2D eigenvalue weighted by Crippen LogP contribution is 2.18. The predicted molar refractivity (Wildman–Crippen MR) is 81.6 cm³/mol. The number of imidazole rings is 1. The zero-order valence-electron chi connectivity index (χ0n) is 11.4. The van der Waals surface area contributed by atoms with Crippen molar-refractivity contribution in [3.63, 3.8) is 0 Å². The maximum absolute atomic E-state index is 12.3. The summed E-state index contributed by atoms with van der Waals surface area (Å²) in [5.74, 6) is 0.559. The van der Waals surface area contributed by atoms with Crippen LogP contribution in [0.5, 0.6) is 0 Å². The predicted octanol–water partition coefficient (Wildman–Crippen LogP) is 2.82. The van der Waals surface area contributed by atoms with Crippen molar-refractivity contribution in [1.29, 1.82) is 0 Å². The molecule has 5 nitrogen and oxygen atoms in total. The van der Waals surface area contributed by atoms with E-state index in [1.54, 1.807) is 53.0 Å². The van der Waals surface area contributed by atoms with Crippen LogP contribution in [0.3, 0.4) is 0 Å². The summed E-state index contributed by atoms with van der Waals surface area (Å²) in [6, 6.07) is 7.43. The van der Waals surface area contributed by atoms with Crippen LogP contribution in [0.15, 0.2) is 54.6 Å². The van der Waals surface area contributed by atoms with Gasteiger partial charge < -0.3 is 5.32 Å². The van der Waals surface area contributed by atoms with E-state index >= 15 is 0 Å². The van der Waals surface area contributed by atoms with Crippen molar-refractivity contribution in [3.8, 4) is 5.82 Å². The number of carbonyl (C=O) groups excluding carboxylic acids is 1. The first-order valence-corrected chi connectivity index (χ1v) is 7.40. The van der Waals surface area contributed by atoms with Crippen molar-refractivity contribution in [2.24, 2.45) is 0 Å². The Hall–Kier alpha value is -2.47. The zero-order chi connectivity index (χ0) is 14.7. The van der Waals surface area contributed by atoms with Gasteiger partial charge in [-0.1, -0.05) is 6.07 Å². The molecule has 0 aliphatic rings. The van der Waals surface area contributed by atoms with Crippen LogP contribution in [0.4, 0.5) is 0 Å². The standard InChI is InChI=1S/C15H14N4OS/c1-11(13-3-2-8-21-13)18-15(20)12-4-5-17-14(9-12)19-7-6-16-10-19/h2-11H,1H3,(H,18,20)/t11-/m1/s1. The van der Waals surface area contributed by atoms with Crippen LogP contribution in [0, 0.1) is 0 Å². The Labute approximate surface area is 126 Å². The Balaban J connectivity index is 1.77. The fourth-order valence-corrected chi connectivity index (χ4v) is 2.72. The Bertz CT molecular complexity index is 722. The summed E-state index contributed by atoms with van der Waals surface area (Å²) in [7, 11) is 0. The summed E-state index contributed by atoms with van der Waals surface area (Å²) in [6.45, 7) is 1.97. The minimum absolute atomic E-state index is 0.0117. The SMILES string of the molecule is C[C@@H](NC(=O)c1ccnc(-n2ccnc2)c1)c1cccs1. The molecule has 3 aromatic heterocycles. The summed E-state index contributed by atoms with van der Waals surface area (Å²) in [5.41, 5.74) is 0.581. The molecule has 0 bridgehead atoms. The summed E-state index contributed by atoms with van der Waals surface area (Å²) in [6.07, 6.45) is 6.74. The molecule has 0 aliphatic carbocycles. The molecule has 0 aliphatic heterocycles. The number of pyridine rings is 1. The smallest absolute Gasteiger partial charge is 0.251 e. The van der Waals surface area contributed by atoms with Crippen LogP contribution in [-0.4, -0.2) is 20.4 Å². The zero-order valence-corrected chi connectivity index (χ0v) is 12.2. The van der Waals surface area contributed by atoms with E-state index < -0.39 is 0 Å². The number of aromatic nitrogens is 3. The second-order valence-corrected chi connectivity index (χ2v) is 5.56. The fraction of sp³-hybridized carbons (Fsp3) is 0.133. The lowest BCUT2D eigenvalue weighted by atomic mass is 10.2. The molecule has 106 valence electrons. The molecular weight excluding hydrogens is 284 g/mol. The van der Waals surface area contributed by atoms with Crippen molar-refractivity contribution >= 4 is 17.2 Å². The van der Waals surface area contributed by atoms with Crippen molar-refractivity contribution in [2.45, 2.75) is 13.0 Å². The average Bonchev–Trinajstić information content (AvgIpc) is 3.20. The molecule has 21 heavy (non-hydrogen) atoms. The van der Waals surface area contributed by atoms with Crippen LogP contribution >= 0.6 is 11.3 Å². The molecule has 0 spiro atoms. The number of hydrogen-bond donors (Lipinski definition) is 1. The lowest BCUT2D eigenvalue weighted by molar-refractivity contribution is 0.0940. The molecule has 3 heterocycles. The number of amides is 1. The molecule has 0 saturated carbocycles. The summed E-state index contributed by atoms with van der Waals surface area (Å²) >= 11 is 1.63. The Kier molecular flexibility index (Phi) is 3.79. The van der Waals surface area contributed by atoms with E-state index in [2.05, 4.69) is 15.3 Å². The monoisotopic (exact) mass is 298 g/mol. The highest BCUT2D eigenvalue weighted by atomic mass is 32.1. The lowest BCUT2D eigenvalue weighted by Gasteiger charge is -2.12. The Morgan fingerprint density at radius 1 is 1.38 bits per heavy atom. The topological polar surface area (TPSA) is 59.8 Å². The van der Waals surface area contributed by atoms with Gasteiger partial charge in [-0.2, -0.15) is 0 Å². The minimum Gasteiger partial charge on any atom is -0.345 e. The number of rotatable bonds is 4. The van der Waals surface area contributed by atoms with Crippen molar-refractivity contribution in [3.05, 3.63) is 65.0 Å². The first-order valence-electron chi connectivity index (χ1n) is 6.52. The molecule has 6 heteroatoms. The Morgan fingerprint density at radius 3 is 3.00 bits per heavy atom. The molecule has 0 unspecified atom stereocenters. The molecule has 0 fully saturated rings. The molecule has 3 rings (SSSR count). The van der Waals surface area contributed by atoms with E-state index in [1.807, 2.05) is 24.4 Å². The minimum atomic E-state index is -0.111. The van der Waals surface area contributed by atoms with Crippen LogP contribution in [0.2, 0.25) is 0 Å². The van der Waals surface area contributed by atoms with Gasteiger partial charge in [-0.25, -0.2) is 9.97 Å². The molecule has 0 saturated heterocycles. The normalized spacial score (nSPS) is 12.0. The summed E-state index contributed by atoms with van der Waals surface area (Å²) in [4.78, 5) is 21.7. The molecule has 0 radical (unpaired) electrons.